The number of halogens is 1. The van der Waals surface area contributed by atoms with Crippen LogP contribution >= 0.6 is 11.6 Å². The van der Waals surface area contributed by atoms with Crippen LogP contribution < -0.4 is 0 Å². The van der Waals surface area contributed by atoms with Crippen LogP contribution in [0.25, 0.3) is 5.57 Å². The number of nitro groups is 1. The maximum absolute atomic E-state index is 13.5. The highest BCUT2D eigenvalue weighted by Crippen LogP contribution is 2.35. The van der Waals surface area contributed by atoms with Crippen molar-refractivity contribution in [1.82, 2.24) is 9.80 Å². The van der Waals surface area contributed by atoms with Crippen molar-refractivity contribution in [3.05, 3.63) is 80.5 Å². The van der Waals surface area contributed by atoms with Crippen molar-refractivity contribution < 1.29 is 19.2 Å². The lowest BCUT2D eigenvalue weighted by atomic mass is 10.0. The molecule has 4 rings (SSSR count). The Morgan fingerprint density at radius 3 is 2.25 bits per heavy atom. The van der Waals surface area contributed by atoms with Crippen molar-refractivity contribution in [3.63, 3.8) is 0 Å². The van der Waals surface area contributed by atoms with Crippen LogP contribution in [0.15, 0.2) is 54.2 Å². The predicted molar refractivity (Wildman–Crippen MR) is 119 cm³/mol. The van der Waals surface area contributed by atoms with Gasteiger partial charge in [-0.2, -0.15) is 0 Å². The second kappa shape index (κ2) is 8.72. The van der Waals surface area contributed by atoms with E-state index in [1.165, 1.54) is 29.2 Å². The molecule has 2 unspecified atom stereocenters. The third kappa shape index (κ3) is 4.11. The average Bonchev–Trinajstić information content (AvgIpc) is 2.99. The number of amides is 2. The van der Waals surface area contributed by atoms with Gasteiger partial charge in [0.15, 0.2) is 0 Å². The van der Waals surface area contributed by atoms with E-state index in [1.54, 1.807) is 24.3 Å². The molecule has 2 aromatic rings. The van der Waals surface area contributed by atoms with Gasteiger partial charge in [0.1, 0.15) is 5.70 Å². The summed E-state index contributed by atoms with van der Waals surface area (Å²) in [5.74, 6) is -0.866. The maximum atomic E-state index is 13.5. The van der Waals surface area contributed by atoms with Gasteiger partial charge in [-0.25, -0.2) is 0 Å². The molecule has 2 aliphatic rings. The Morgan fingerprint density at radius 2 is 1.66 bits per heavy atom. The van der Waals surface area contributed by atoms with Crippen LogP contribution in [-0.2, 0) is 20.9 Å². The molecular weight excluding hydrogens is 434 g/mol. The second-order valence-corrected chi connectivity index (χ2v) is 8.38. The maximum Gasteiger partial charge on any atom is 0.278 e. The van der Waals surface area contributed by atoms with Gasteiger partial charge in [0, 0.05) is 30.2 Å². The van der Waals surface area contributed by atoms with Gasteiger partial charge < -0.3 is 9.64 Å². The third-order valence-corrected chi connectivity index (χ3v) is 5.90. The standard InChI is InChI=1S/C23H22ClN3O5/c1-14-11-25(12-15(2)32-14)21-20(16-7-9-18(10-8-16)27(30)31)22(28)26(23(21)29)13-17-5-3-4-6-19(17)24/h3-10,14-15H,11-13H2,1-2H3. The molecule has 0 aromatic heterocycles. The topological polar surface area (TPSA) is 93.0 Å². The molecule has 2 aromatic carbocycles. The number of hydrogen-bond donors (Lipinski definition) is 0. The summed E-state index contributed by atoms with van der Waals surface area (Å²) in [7, 11) is 0. The molecule has 0 aliphatic carbocycles. The molecule has 32 heavy (non-hydrogen) atoms. The molecule has 2 aliphatic heterocycles. The minimum absolute atomic E-state index is 0.0345. The van der Waals surface area contributed by atoms with Crippen LogP contribution in [0.2, 0.25) is 5.02 Å². The zero-order valence-corrected chi connectivity index (χ0v) is 18.4. The molecule has 9 heteroatoms. The number of nitro benzene ring substituents is 1. The number of rotatable bonds is 5. The molecule has 0 N–H and O–H groups in total. The Balaban J connectivity index is 1.77. The number of carbonyl (C=O) groups is 2. The summed E-state index contributed by atoms with van der Waals surface area (Å²) in [5, 5.41) is 11.5. The van der Waals surface area contributed by atoms with Gasteiger partial charge in [0.25, 0.3) is 17.5 Å². The molecule has 8 nitrogen and oxygen atoms in total. The molecule has 2 amide bonds. The lowest BCUT2D eigenvalue weighted by Crippen LogP contribution is -2.46. The molecule has 1 saturated heterocycles. The summed E-state index contributed by atoms with van der Waals surface area (Å²) in [6.07, 6.45) is -0.241. The van der Waals surface area contributed by atoms with Crippen LogP contribution in [0.1, 0.15) is 25.0 Å². The van der Waals surface area contributed by atoms with Gasteiger partial charge in [-0.1, -0.05) is 29.8 Å². The normalized spacial score (nSPS) is 21.5. The predicted octanol–water partition coefficient (Wildman–Crippen LogP) is 3.64. The highest BCUT2D eigenvalue weighted by atomic mass is 35.5. The van der Waals surface area contributed by atoms with Gasteiger partial charge in [-0.15, -0.1) is 0 Å². The van der Waals surface area contributed by atoms with E-state index in [0.717, 1.165) is 0 Å². The number of hydrogen-bond acceptors (Lipinski definition) is 6. The fraction of sp³-hybridized carbons (Fsp3) is 0.304. The van der Waals surface area contributed by atoms with Gasteiger partial charge >= 0.3 is 0 Å². The number of benzene rings is 2. The number of morpholine rings is 1. The highest BCUT2D eigenvalue weighted by molar-refractivity contribution is 6.35. The Labute approximate surface area is 190 Å². The molecule has 0 saturated carbocycles. The van der Waals surface area contributed by atoms with E-state index in [2.05, 4.69) is 0 Å². The third-order valence-electron chi connectivity index (χ3n) is 5.53. The molecule has 0 spiro atoms. The number of imide groups is 1. The summed E-state index contributed by atoms with van der Waals surface area (Å²) < 4.78 is 5.79. The van der Waals surface area contributed by atoms with Crippen molar-refractivity contribution in [2.45, 2.75) is 32.6 Å². The Kier molecular flexibility index (Phi) is 5.99. The summed E-state index contributed by atoms with van der Waals surface area (Å²) in [6, 6.07) is 12.7. The van der Waals surface area contributed by atoms with Crippen LogP contribution in [0.4, 0.5) is 5.69 Å². The number of nitrogens with zero attached hydrogens (tertiary/aromatic N) is 3. The molecule has 0 bridgehead atoms. The largest absolute Gasteiger partial charge is 0.372 e. The number of non-ortho nitro benzene ring substituents is 1. The fourth-order valence-electron chi connectivity index (χ4n) is 4.17. The second-order valence-electron chi connectivity index (χ2n) is 7.98. The zero-order chi connectivity index (χ0) is 23.0. The Hall–Kier alpha value is -3.23. The highest BCUT2D eigenvalue weighted by Gasteiger charge is 2.43. The quantitative estimate of drug-likeness (QED) is 0.388. The fourth-order valence-corrected chi connectivity index (χ4v) is 4.36. The summed E-state index contributed by atoms with van der Waals surface area (Å²) in [4.78, 5) is 40.6. The van der Waals surface area contributed by atoms with Crippen molar-refractivity contribution in [1.29, 1.82) is 0 Å². The van der Waals surface area contributed by atoms with Crippen LogP contribution in [-0.4, -0.2) is 51.8 Å². The van der Waals surface area contributed by atoms with Crippen LogP contribution in [0.3, 0.4) is 0 Å². The van der Waals surface area contributed by atoms with Crippen LogP contribution in [0.5, 0.6) is 0 Å². The van der Waals surface area contributed by atoms with E-state index in [-0.39, 0.29) is 35.7 Å². The van der Waals surface area contributed by atoms with E-state index in [9.17, 15) is 19.7 Å². The van der Waals surface area contributed by atoms with Crippen molar-refractivity contribution >= 4 is 34.7 Å². The van der Waals surface area contributed by atoms with Crippen molar-refractivity contribution in [2.75, 3.05) is 13.1 Å². The minimum atomic E-state index is -0.504. The van der Waals surface area contributed by atoms with E-state index in [4.69, 9.17) is 16.3 Å². The van der Waals surface area contributed by atoms with Crippen molar-refractivity contribution in [3.8, 4) is 0 Å². The summed E-state index contributed by atoms with van der Waals surface area (Å²) >= 11 is 6.27. The average molecular weight is 456 g/mol. The van der Waals surface area contributed by atoms with Gasteiger partial charge in [0.05, 0.1) is 29.2 Å². The van der Waals surface area contributed by atoms with E-state index >= 15 is 0 Å². The van der Waals surface area contributed by atoms with E-state index < -0.39 is 16.7 Å². The molecular formula is C23H22ClN3O5. The molecule has 2 heterocycles. The van der Waals surface area contributed by atoms with Crippen LogP contribution in [0, 0.1) is 10.1 Å². The summed E-state index contributed by atoms with van der Waals surface area (Å²) in [5.41, 5.74) is 1.55. The van der Waals surface area contributed by atoms with Gasteiger partial charge in [-0.3, -0.25) is 24.6 Å². The Bertz CT molecular complexity index is 1100. The molecule has 0 radical (unpaired) electrons. The zero-order valence-electron chi connectivity index (χ0n) is 17.7. The number of carbonyl (C=O) groups excluding carboxylic acids is 2. The first kappa shape index (κ1) is 22.0. The monoisotopic (exact) mass is 455 g/mol. The SMILES string of the molecule is CC1CN(C2=C(c3ccc([N+](=O)[O-])cc3)C(=O)N(Cc3ccccc3Cl)C2=O)CC(C)O1. The lowest BCUT2D eigenvalue weighted by Gasteiger charge is -2.37. The van der Waals surface area contributed by atoms with E-state index in [1.807, 2.05) is 18.7 Å². The first-order chi connectivity index (χ1) is 15.3. The molecule has 166 valence electrons. The van der Waals surface area contributed by atoms with Gasteiger partial charge in [0.2, 0.25) is 0 Å². The molecule has 2 atom stereocenters. The minimum Gasteiger partial charge on any atom is -0.372 e. The summed E-state index contributed by atoms with van der Waals surface area (Å²) in [6.45, 7) is 4.77. The first-order valence-corrected chi connectivity index (χ1v) is 10.6. The smallest absolute Gasteiger partial charge is 0.278 e. The Morgan fingerprint density at radius 1 is 1.03 bits per heavy atom. The lowest BCUT2D eigenvalue weighted by molar-refractivity contribution is -0.384. The van der Waals surface area contributed by atoms with E-state index in [0.29, 0.717) is 29.2 Å². The van der Waals surface area contributed by atoms with Gasteiger partial charge in [-0.05, 0) is 43.2 Å². The first-order valence-electron chi connectivity index (χ1n) is 10.3. The number of ether oxygens (including phenoxy) is 1. The van der Waals surface area contributed by atoms with Crippen molar-refractivity contribution in [2.24, 2.45) is 0 Å². The molecule has 1 fully saturated rings.